The lowest BCUT2D eigenvalue weighted by Gasteiger charge is -2.09. The molecule has 1 aromatic carbocycles. The lowest BCUT2D eigenvalue weighted by Crippen LogP contribution is -2.23. The highest BCUT2D eigenvalue weighted by Crippen LogP contribution is 2.26. The molecule has 0 radical (unpaired) electrons. The van der Waals surface area contributed by atoms with Crippen molar-refractivity contribution in [2.75, 3.05) is 12.3 Å². The Hall–Kier alpha value is -2.96. The molecule has 4 N–H and O–H groups in total. The van der Waals surface area contributed by atoms with E-state index >= 15 is 0 Å². The maximum atomic E-state index is 14.1. The molecule has 0 aliphatic rings. The average Bonchev–Trinajstić information content (AvgIpc) is 2.47. The van der Waals surface area contributed by atoms with Gasteiger partial charge in [-0.3, -0.25) is 4.79 Å². The number of halogens is 1. The van der Waals surface area contributed by atoms with E-state index in [1.807, 2.05) is 0 Å². The quantitative estimate of drug-likeness (QED) is 0.800. The Kier molecular flexibility index (Phi) is 4.36. The molecule has 2 aromatic rings. The summed E-state index contributed by atoms with van der Waals surface area (Å²) in [7, 11) is 0. The molecule has 0 unspecified atom stereocenters. The predicted octanol–water partition coefficient (Wildman–Crippen LogP) is 1.92. The molecular formula is C15H14FN3O3. The van der Waals surface area contributed by atoms with E-state index in [0.717, 1.165) is 6.07 Å². The molecule has 22 heavy (non-hydrogen) atoms. The molecular weight excluding hydrogens is 289 g/mol. The highest BCUT2D eigenvalue weighted by atomic mass is 19.1. The molecule has 2 rings (SSSR count). The first-order valence-electron chi connectivity index (χ1n) is 6.51. The van der Waals surface area contributed by atoms with Crippen LogP contribution in [-0.2, 0) is 0 Å². The van der Waals surface area contributed by atoms with Crippen LogP contribution in [-0.4, -0.2) is 28.5 Å². The van der Waals surface area contributed by atoms with Crippen LogP contribution in [0.3, 0.4) is 0 Å². The van der Waals surface area contributed by atoms with Crippen molar-refractivity contribution < 1.29 is 19.1 Å². The van der Waals surface area contributed by atoms with Crippen molar-refractivity contribution in [1.29, 1.82) is 0 Å². The van der Waals surface area contributed by atoms with Gasteiger partial charge in [0.05, 0.1) is 11.1 Å². The van der Waals surface area contributed by atoms with E-state index in [2.05, 4.69) is 10.3 Å². The van der Waals surface area contributed by atoms with E-state index in [1.54, 1.807) is 6.92 Å². The second-order valence-corrected chi connectivity index (χ2v) is 4.51. The summed E-state index contributed by atoms with van der Waals surface area (Å²) in [5, 5.41) is 11.7. The Balaban J connectivity index is 2.49. The number of anilines is 1. The summed E-state index contributed by atoms with van der Waals surface area (Å²) in [5.74, 6) is -2.41. The van der Waals surface area contributed by atoms with Crippen LogP contribution in [0.2, 0.25) is 0 Å². The number of amides is 1. The fraction of sp³-hybridized carbons (Fsp3) is 0.133. The first kappa shape index (κ1) is 15.4. The number of carbonyl (C=O) groups is 2. The van der Waals surface area contributed by atoms with E-state index in [-0.39, 0.29) is 22.5 Å². The highest BCUT2D eigenvalue weighted by Gasteiger charge is 2.16. The number of nitrogens with two attached hydrogens (primary N) is 1. The molecule has 0 bridgehead atoms. The minimum atomic E-state index is -1.20. The summed E-state index contributed by atoms with van der Waals surface area (Å²) in [6.07, 6.45) is 1.26. The number of aromatic nitrogens is 1. The van der Waals surface area contributed by atoms with E-state index in [4.69, 9.17) is 5.73 Å². The number of nitrogens with one attached hydrogen (secondary N) is 1. The van der Waals surface area contributed by atoms with Crippen LogP contribution in [0.1, 0.15) is 27.6 Å². The number of hydrogen-bond donors (Lipinski definition) is 3. The number of carboxylic acids is 1. The molecule has 0 saturated heterocycles. The first-order valence-corrected chi connectivity index (χ1v) is 6.51. The number of nitrogen functional groups attached to an aromatic ring is 1. The molecule has 0 atom stereocenters. The summed E-state index contributed by atoms with van der Waals surface area (Å²) in [6, 6.07) is 5.07. The number of carboxylic acid groups (broad SMARTS) is 1. The maximum Gasteiger partial charge on any atom is 0.336 e. The fourth-order valence-electron chi connectivity index (χ4n) is 2.00. The van der Waals surface area contributed by atoms with Gasteiger partial charge in [-0.25, -0.2) is 14.2 Å². The number of nitrogens with zero attached hydrogens (tertiary/aromatic N) is 1. The zero-order valence-electron chi connectivity index (χ0n) is 11.8. The third-order valence-corrected chi connectivity index (χ3v) is 3.02. The maximum absolute atomic E-state index is 14.1. The molecule has 7 heteroatoms. The van der Waals surface area contributed by atoms with Crippen molar-refractivity contribution in [3.05, 3.63) is 47.4 Å². The van der Waals surface area contributed by atoms with Gasteiger partial charge in [-0.1, -0.05) is 6.07 Å². The van der Waals surface area contributed by atoms with Crippen molar-refractivity contribution in [2.45, 2.75) is 6.92 Å². The molecule has 0 fully saturated rings. The van der Waals surface area contributed by atoms with Gasteiger partial charge in [0.25, 0.3) is 5.91 Å². The molecule has 0 aliphatic carbocycles. The second-order valence-electron chi connectivity index (χ2n) is 4.51. The van der Waals surface area contributed by atoms with Crippen molar-refractivity contribution in [3.63, 3.8) is 0 Å². The smallest absolute Gasteiger partial charge is 0.336 e. The Bertz CT molecular complexity index is 747. The van der Waals surface area contributed by atoms with Crippen LogP contribution in [0.5, 0.6) is 0 Å². The predicted molar refractivity (Wildman–Crippen MR) is 79.0 cm³/mol. The summed E-state index contributed by atoms with van der Waals surface area (Å²) in [4.78, 5) is 26.7. The Morgan fingerprint density at radius 1 is 1.32 bits per heavy atom. The molecule has 1 aromatic heterocycles. The normalized spacial score (nSPS) is 10.3. The third-order valence-electron chi connectivity index (χ3n) is 3.02. The lowest BCUT2D eigenvalue weighted by atomic mass is 10.00. The van der Waals surface area contributed by atoms with Crippen LogP contribution in [0, 0.1) is 5.82 Å². The van der Waals surface area contributed by atoms with Crippen LogP contribution >= 0.6 is 0 Å². The van der Waals surface area contributed by atoms with Gasteiger partial charge >= 0.3 is 5.97 Å². The van der Waals surface area contributed by atoms with Gasteiger partial charge in [0.1, 0.15) is 11.6 Å². The molecule has 1 amide bonds. The lowest BCUT2D eigenvalue weighted by molar-refractivity contribution is 0.0697. The van der Waals surface area contributed by atoms with E-state index < -0.39 is 17.7 Å². The minimum Gasteiger partial charge on any atom is -0.478 e. The van der Waals surface area contributed by atoms with Crippen molar-refractivity contribution in [2.24, 2.45) is 0 Å². The molecule has 6 nitrogen and oxygen atoms in total. The van der Waals surface area contributed by atoms with Crippen molar-refractivity contribution >= 4 is 17.7 Å². The number of benzene rings is 1. The molecule has 114 valence electrons. The van der Waals surface area contributed by atoms with Gasteiger partial charge in [0.15, 0.2) is 0 Å². The monoisotopic (exact) mass is 303 g/mol. The molecule has 0 saturated carbocycles. The zero-order valence-corrected chi connectivity index (χ0v) is 11.8. The number of rotatable bonds is 4. The fourth-order valence-corrected chi connectivity index (χ4v) is 2.00. The SMILES string of the molecule is CCNC(=O)c1ccc(-c2cnc(N)cc2C(=O)O)cc1F. The average molecular weight is 303 g/mol. The number of carbonyl (C=O) groups excluding carboxylic acids is 1. The first-order chi connectivity index (χ1) is 10.4. The Morgan fingerprint density at radius 3 is 2.64 bits per heavy atom. The van der Waals surface area contributed by atoms with E-state index in [9.17, 15) is 19.1 Å². The second kappa shape index (κ2) is 6.21. The number of hydrogen-bond acceptors (Lipinski definition) is 4. The van der Waals surface area contributed by atoms with Gasteiger partial charge in [0, 0.05) is 18.3 Å². The number of aromatic carboxylic acids is 1. The van der Waals surface area contributed by atoms with Crippen LogP contribution in [0.15, 0.2) is 30.5 Å². The standard InChI is InChI=1S/C15H14FN3O3/c1-2-18-14(20)9-4-3-8(5-12(9)16)11-7-19-13(17)6-10(11)15(21)22/h3-7H,2H2,1H3,(H2,17,19)(H,18,20)(H,21,22). The Morgan fingerprint density at radius 2 is 2.05 bits per heavy atom. The summed E-state index contributed by atoms with van der Waals surface area (Å²) in [6.45, 7) is 2.11. The van der Waals surface area contributed by atoms with E-state index in [0.29, 0.717) is 12.1 Å². The molecule has 0 spiro atoms. The van der Waals surface area contributed by atoms with Gasteiger partial charge < -0.3 is 16.2 Å². The van der Waals surface area contributed by atoms with Gasteiger partial charge in [0.2, 0.25) is 0 Å². The van der Waals surface area contributed by atoms with Gasteiger partial charge in [-0.2, -0.15) is 0 Å². The molecule has 0 aliphatic heterocycles. The van der Waals surface area contributed by atoms with Crippen molar-refractivity contribution in [3.8, 4) is 11.1 Å². The van der Waals surface area contributed by atoms with Gasteiger partial charge in [-0.05, 0) is 30.7 Å². The third kappa shape index (κ3) is 3.03. The topological polar surface area (TPSA) is 105 Å². The summed E-state index contributed by atoms with van der Waals surface area (Å²) >= 11 is 0. The van der Waals surface area contributed by atoms with E-state index in [1.165, 1.54) is 24.4 Å². The van der Waals surface area contributed by atoms with Crippen molar-refractivity contribution in [1.82, 2.24) is 10.3 Å². The Labute approximate surface area is 125 Å². The summed E-state index contributed by atoms with van der Waals surface area (Å²) in [5.41, 5.74) is 5.80. The van der Waals surface area contributed by atoms with Crippen LogP contribution < -0.4 is 11.1 Å². The summed E-state index contributed by atoms with van der Waals surface area (Å²) < 4.78 is 14.1. The highest BCUT2D eigenvalue weighted by molar-refractivity contribution is 5.98. The van der Waals surface area contributed by atoms with Crippen LogP contribution in [0.4, 0.5) is 10.2 Å². The van der Waals surface area contributed by atoms with Crippen LogP contribution in [0.25, 0.3) is 11.1 Å². The van der Waals surface area contributed by atoms with Gasteiger partial charge in [-0.15, -0.1) is 0 Å². The zero-order chi connectivity index (χ0) is 16.3. The largest absolute Gasteiger partial charge is 0.478 e. The molecule has 1 heterocycles. The minimum absolute atomic E-state index is 0.0561. The number of pyridine rings is 1.